The van der Waals surface area contributed by atoms with Crippen molar-refractivity contribution in [2.45, 2.75) is 25.7 Å². The molecule has 0 radical (unpaired) electrons. The van der Waals surface area contributed by atoms with Crippen molar-refractivity contribution in [2.24, 2.45) is 0 Å². The fourth-order valence-corrected chi connectivity index (χ4v) is 1.61. The van der Waals surface area contributed by atoms with Crippen molar-refractivity contribution in [2.75, 3.05) is 5.73 Å². The lowest BCUT2D eigenvalue weighted by molar-refractivity contribution is 0.739. The van der Waals surface area contributed by atoms with E-state index < -0.39 is 0 Å². The van der Waals surface area contributed by atoms with Gasteiger partial charge < -0.3 is 5.73 Å². The fourth-order valence-electron chi connectivity index (χ4n) is 1.61. The fraction of sp³-hybridized carbons (Fsp3) is 0.400. The largest absolute Gasteiger partial charge is 0.382 e. The molecule has 2 rings (SSSR count). The van der Waals surface area contributed by atoms with Crippen LogP contribution in [0.2, 0.25) is 0 Å². The van der Waals surface area contributed by atoms with Gasteiger partial charge in [-0.3, -0.25) is 4.98 Å². The zero-order valence-electron chi connectivity index (χ0n) is 7.53. The molecule has 1 aromatic rings. The Morgan fingerprint density at radius 2 is 2.15 bits per heavy atom. The van der Waals surface area contributed by atoms with Gasteiger partial charge in [0.25, 0.3) is 0 Å². The number of anilines is 1. The minimum Gasteiger partial charge on any atom is -0.382 e. The van der Waals surface area contributed by atoms with Crippen LogP contribution in [0.4, 0.5) is 5.82 Å². The molecule has 3 nitrogen and oxygen atoms in total. The molecule has 0 bridgehead atoms. The van der Waals surface area contributed by atoms with E-state index in [1.807, 2.05) is 0 Å². The molecule has 0 saturated carbocycles. The van der Waals surface area contributed by atoms with Crippen molar-refractivity contribution in [1.29, 1.82) is 0 Å². The van der Waals surface area contributed by atoms with Gasteiger partial charge in [0.05, 0.1) is 18.1 Å². The number of aromatic nitrogens is 2. The average molecular weight is 175 g/mol. The monoisotopic (exact) mass is 175 g/mol. The molecule has 1 aromatic heterocycles. The van der Waals surface area contributed by atoms with E-state index in [9.17, 15) is 0 Å². The standard InChI is InChI=1S/C10H13N3/c11-10-7-12-6-9(13-10)8-4-2-1-3-5-8/h4,6-7H,1-3,5H2,(H2,11,13). The van der Waals surface area contributed by atoms with E-state index in [0.717, 1.165) is 18.5 Å². The minimum absolute atomic E-state index is 0.504. The van der Waals surface area contributed by atoms with Gasteiger partial charge in [-0.05, 0) is 31.3 Å². The average Bonchev–Trinajstić information content (AvgIpc) is 2.19. The molecule has 0 aliphatic heterocycles. The lowest BCUT2D eigenvalue weighted by Gasteiger charge is -2.11. The molecule has 0 spiro atoms. The van der Waals surface area contributed by atoms with E-state index in [-0.39, 0.29) is 0 Å². The maximum Gasteiger partial charge on any atom is 0.142 e. The van der Waals surface area contributed by atoms with Gasteiger partial charge in [0.1, 0.15) is 5.82 Å². The first-order valence-electron chi connectivity index (χ1n) is 4.63. The highest BCUT2D eigenvalue weighted by Crippen LogP contribution is 2.24. The Morgan fingerprint density at radius 3 is 2.85 bits per heavy atom. The molecule has 68 valence electrons. The molecule has 0 amide bonds. The van der Waals surface area contributed by atoms with Crippen LogP contribution >= 0.6 is 0 Å². The van der Waals surface area contributed by atoms with E-state index in [1.54, 1.807) is 12.4 Å². The van der Waals surface area contributed by atoms with Crippen LogP contribution in [0.3, 0.4) is 0 Å². The number of nitrogens with zero attached hydrogens (tertiary/aromatic N) is 2. The zero-order chi connectivity index (χ0) is 9.10. The molecule has 1 heterocycles. The summed E-state index contributed by atoms with van der Waals surface area (Å²) in [6, 6.07) is 0. The molecule has 1 aliphatic rings. The molecular formula is C10H13N3. The molecule has 0 saturated heterocycles. The Kier molecular flexibility index (Phi) is 2.25. The van der Waals surface area contributed by atoms with Crippen LogP contribution in [0.25, 0.3) is 5.57 Å². The normalized spacial score (nSPS) is 16.8. The first-order chi connectivity index (χ1) is 6.36. The topological polar surface area (TPSA) is 51.8 Å². The third-order valence-corrected chi connectivity index (χ3v) is 2.27. The zero-order valence-corrected chi connectivity index (χ0v) is 7.53. The molecule has 3 heteroatoms. The second-order valence-corrected chi connectivity index (χ2v) is 3.30. The van der Waals surface area contributed by atoms with Crippen LogP contribution in [0.5, 0.6) is 0 Å². The van der Waals surface area contributed by atoms with Crippen molar-refractivity contribution in [3.8, 4) is 0 Å². The molecule has 2 N–H and O–H groups in total. The van der Waals surface area contributed by atoms with Crippen LogP contribution in [0, 0.1) is 0 Å². The van der Waals surface area contributed by atoms with Crippen molar-refractivity contribution in [1.82, 2.24) is 9.97 Å². The van der Waals surface area contributed by atoms with Crippen LogP contribution in [-0.4, -0.2) is 9.97 Å². The Labute approximate surface area is 77.7 Å². The molecular weight excluding hydrogens is 162 g/mol. The summed E-state index contributed by atoms with van der Waals surface area (Å²) in [6.45, 7) is 0. The summed E-state index contributed by atoms with van der Waals surface area (Å²) in [4.78, 5) is 8.27. The van der Waals surface area contributed by atoms with Gasteiger partial charge in [-0.1, -0.05) is 6.08 Å². The van der Waals surface area contributed by atoms with Gasteiger partial charge in [-0.2, -0.15) is 0 Å². The number of hydrogen-bond donors (Lipinski definition) is 1. The predicted molar refractivity (Wildman–Crippen MR) is 52.9 cm³/mol. The Bertz CT molecular complexity index is 331. The Balaban J connectivity index is 2.29. The number of nitrogens with two attached hydrogens (primary N) is 1. The molecule has 13 heavy (non-hydrogen) atoms. The number of allylic oxidation sites excluding steroid dienone is 2. The van der Waals surface area contributed by atoms with Crippen molar-refractivity contribution in [3.05, 3.63) is 24.2 Å². The van der Waals surface area contributed by atoms with E-state index in [4.69, 9.17) is 5.73 Å². The first kappa shape index (κ1) is 8.23. The maximum absolute atomic E-state index is 5.56. The summed E-state index contributed by atoms with van der Waals surface area (Å²) in [5.41, 5.74) is 7.81. The molecule has 0 unspecified atom stereocenters. The van der Waals surface area contributed by atoms with Crippen LogP contribution < -0.4 is 5.73 Å². The van der Waals surface area contributed by atoms with Crippen molar-refractivity contribution < 1.29 is 0 Å². The van der Waals surface area contributed by atoms with Gasteiger partial charge in [0, 0.05) is 0 Å². The minimum atomic E-state index is 0.504. The quantitative estimate of drug-likeness (QED) is 0.710. The summed E-state index contributed by atoms with van der Waals surface area (Å²) < 4.78 is 0. The van der Waals surface area contributed by atoms with Crippen molar-refractivity contribution >= 4 is 11.4 Å². The number of hydrogen-bond acceptors (Lipinski definition) is 3. The summed E-state index contributed by atoms with van der Waals surface area (Å²) in [5, 5.41) is 0. The molecule has 0 aromatic carbocycles. The van der Waals surface area contributed by atoms with Crippen LogP contribution in [0.1, 0.15) is 31.4 Å². The van der Waals surface area contributed by atoms with Gasteiger partial charge >= 0.3 is 0 Å². The Hall–Kier alpha value is -1.38. The maximum atomic E-state index is 5.56. The lowest BCUT2D eigenvalue weighted by Crippen LogP contribution is -1.98. The first-order valence-corrected chi connectivity index (χ1v) is 4.63. The third kappa shape index (κ3) is 1.86. The molecule has 0 atom stereocenters. The van der Waals surface area contributed by atoms with E-state index in [1.165, 1.54) is 18.4 Å². The van der Waals surface area contributed by atoms with Gasteiger partial charge in [0.2, 0.25) is 0 Å². The van der Waals surface area contributed by atoms with Gasteiger partial charge in [0.15, 0.2) is 0 Å². The highest BCUT2D eigenvalue weighted by molar-refractivity contribution is 5.63. The van der Waals surface area contributed by atoms with Crippen LogP contribution in [-0.2, 0) is 0 Å². The predicted octanol–water partition coefficient (Wildman–Crippen LogP) is 2.02. The van der Waals surface area contributed by atoms with Crippen LogP contribution in [0.15, 0.2) is 18.5 Å². The second-order valence-electron chi connectivity index (χ2n) is 3.30. The summed E-state index contributed by atoms with van der Waals surface area (Å²) in [6.07, 6.45) is 10.4. The summed E-state index contributed by atoms with van der Waals surface area (Å²) in [7, 11) is 0. The van der Waals surface area contributed by atoms with Gasteiger partial charge in [-0.25, -0.2) is 4.98 Å². The number of rotatable bonds is 1. The molecule has 1 aliphatic carbocycles. The van der Waals surface area contributed by atoms with E-state index in [2.05, 4.69) is 16.0 Å². The summed E-state index contributed by atoms with van der Waals surface area (Å²) in [5.74, 6) is 0.504. The highest BCUT2D eigenvalue weighted by atomic mass is 14.9. The van der Waals surface area contributed by atoms with Crippen molar-refractivity contribution in [3.63, 3.8) is 0 Å². The second kappa shape index (κ2) is 3.56. The third-order valence-electron chi connectivity index (χ3n) is 2.27. The Morgan fingerprint density at radius 1 is 1.23 bits per heavy atom. The molecule has 0 fully saturated rings. The van der Waals surface area contributed by atoms with Gasteiger partial charge in [-0.15, -0.1) is 0 Å². The van der Waals surface area contributed by atoms with E-state index in [0.29, 0.717) is 5.82 Å². The summed E-state index contributed by atoms with van der Waals surface area (Å²) >= 11 is 0. The highest BCUT2D eigenvalue weighted by Gasteiger charge is 2.07. The smallest absolute Gasteiger partial charge is 0.142 e. The SMILES string of the molecule is Nc1cncc(C2=CCCCC2)n1. The lowest BCUT2D eigenvalue weighted by atomic mass is 9.97. The number of nitrogen functional groups attached to an aromatic ring is 1. The van der Waals surface area contributed by atoms with E-state index >= 15 is 0 Å².